The van der Waals surface area contributed by atoms with Crippen LogP contribution in [0.25, 0.3) is 0 Å². The lowest BCUT2D eigenvalue weighted by molar-refractivity contribution is 0.608. The number of aromatic nitrogens is 3. The first-order chi connectivity index (χ1) is 12.1. The SMILES string of the molecule is CC1Sc2nnc(Cc3ccccc3F)n2N=C1c1ccc(Cl)cc1. The molecule has 2 aromatic carbocycles. The number of thioether (sulfide) groups is 1. The van der Waals surface area contributed by atoms with Gasteiger partial charge in [-0.05, 0) is 36.2 Å². The summed E-state index contributed by atoms with van der Waals surface area (Å²) in [6.07, 6.45) is 0.339. The van der Waals surface area contributed by atoms with Crippen LogP contribution in [0.2, 0.25) is 5.02 Å². The average Bonchev–Trinajstić information content (AvgIpc) is 2.99. The van der Waals surface area contributed by atoms with Crippen LogP contribution >= 0.6 is 23.4 Å². The second kappa shape index (κ2) is 6.61. The van der Waals surface area contributed by atoms with E-state index in [1.165, 1.54) is 6.07 Å². The molecule has 0 amide bonds. The van der Waals surface area contributed by atoms with Crippen LogP contribution in [0, 0.1) is 5.82 Å². The van der Waals surface area contributed by atoms with Gasteiger partial charge in [0.15, 0.2) is 5.82 Å². The molecular weight excluding hydrogens is 359 g/mol. The molecule has 0 radical (unpaired) electrons. The molecule has 25 heavy (non-hydrogen) atoms. The van der Waals surface area contributed by atoms with Gasteiger partial charge in [-0.25, -0.2) is 4.39 Å². The van der Waals surface area contributed by atoms with Crippen molar-refractivity contribution in [2.24, 2.45) is 5.10 Å². The van der Waals surface area contributed by atoms with Crippen LogP contribution in [0.5, 0.6) is 0 Å². The lowest BCUT2D eigenvalue weighted by Gasteiger charge is -2.20. The van der Waals surface area contributed by atoms with E-state index < -0.39 is 0 Å². The van der Waals surface area contributed by atoms with E-state index >= 15 is 0 Å². The van der Waals surface area contributed by atoms with Crippen molar-refractivity contribution in [3.63, 3.8) is 0 Å². The molecular formula is C18H14ClFN4S. The predicted molar refractivity (Wildman–Crippen MR) is 97.9 cm³/mol. The molecule has 2 heterocycles. The zero-order valence-electron chi connectivity index (χ0n) is 13.4. The fourth-order valence-electron chi connectivity index (χ4n) is 2.71. The molecule has 3 aromatic rings. The van der Waals surface area contributed by atoms with Gasteiger partial charge in [0.05, 0.1) is 11.0 Å². The first kappa shape index (κ1) is 16.3. The van der Waals surface area contributed by atoms with E-state index in [1.54, 1.807) is 28.6 Å². The quantitative estimate of drug-likeness (QED) is 0.684. The molecule has 0 saturated carbocycles. The molecule has 0 saturated heterocycles. The first-order valence-electron chi connectivity index (χ1n) is 7.81. The summed E-state index contributed by atoms with van der Waals surface area (Å²) in [5, 5.41) is 14.7. The maximum atomic E-state index is 13.9. The standard InChI is InChI=1S/C18H14ClFN4S/c1-11-17(12-6-8-14(19)9-7-12)23-24-16(21-22-18(24)25-11)10-13-4-2-3-5-15(13)20/h2-9,11H,10H2,1H3. The topological polar surface area (TPSA) is 43.1 Å². The van der Waals surface area contributed by atoms with Gasteiger partial charge >= 0.3 is 0 Å². The van der Waals surface area contributed by atoms with E-state index in [2.05, 4.69) is 17.1 Å². The molecule has 4 nitrogen and oxygen atoms in total. The van der Waals surface area contributed by atoms with Gasteiger partial charge in [-0.15, -0.1) is 10.2 Å². The second-order valence-electron chi connectivity index (χ2n) is 5.73. The maximum absolute atomic E-state index is 13.9. The van der Waals surface area contributed by atoms with Gasteiger partial charge in [-0.3, -0.25) is 0 Å². The van der Waals surface area contributed by atoms with Crippen LogP contribution in [0.15, 0.2) is 58.8 Å². The summed E-state index contributed by atoms with van der Waals surface area (Å²) in [6, 6.07) is 14.3. The molecule has 0 bridgehead atoms. The lowest BCUT2D eigenvalue weighted by Crippen LogP contribution is -2.22. The molecule has 1 aliphatic rings. The van der Waals surface area contributed by atoms with Crippen molar-refractivity contribution in [2.45, 2.75) is 23.8 Å². The highest BCUT2D eigenvalue weighted by Gasteiger charge is 2.26. The van der Waals surface area contributed by atoms with Gasteiger partial charge in [0.2, 0.25) is 5.16 Å². The fraction of sp³-hybridized carbons (Fsp3) is 0.167. The maximum Gasteiger partial charge on any atom is 0.212 e. The highest BCUT2D eigenvalue weighted by Crippen LogP contribution is 2.31. The van der Waals surface area contributed by atoms with Crippen LogP contribution in [-0.4, -0.2) is 25.8 Å². The van der Waals surface area contributed by atoms with Gasteiger partial charge in [0, 0.05) is 11.4 Å². The van der Waals surface area contributed by atoms with Crippen LogP contribution in [-0.2, 0) is 6.42 Å². The minimum Gasteiger partial charge on any atom is -0.207 e. The molecule has 7 heteroatoms. The van der Waals surface area contributed by atoms with E-state index in [-0.39, 0.29) is 11.1 Å². The van der Waals surface area contributed by atoms with E-state index in [0.717, 1.165) is 16.4 Å². The van der Waals surface area contributed by atoms with Crippen molar-refractivity contribution < 1.29 is 4.39 Å². The average molecular weight is 373 g/mol. The Kier molecular flexibility index (Phi) is 4.31. The Labute approximate surface area is 153 Å². The van der Waals surface area contributed by atoms with Gasteiger partial charge in [0.25, 0.3) is 0 Å². The molecule has 1 unspecified atom stereocenters. The fourth-order valence-corrected chi connectivity index (χ4v) is 3.78. The second-order valence-corrected chi connectivity index (χ2v) is 7.48. The number of benzene rings is 2. The highest BCUT2D eigenvalue weighted by molar-refractivity contribution is 8.00. The number of nitrogens with zero attached hydrogens (tertiary/aromatic N) is 4. The van der Waals surface area contributed by atoms with Crippen LogP contribution in [0.1, 0.15) is 23.9 Å². The Morgan fingerprint density at radius 1 is 1.12 bits per heavy atom. The summed E-state index contributed by atoms with van der Waals surface area (Å²) in [5.74, 6) is 0.365. The summed E-state index contributed by atoms with van der Waals surface area (Å²) in [5.41, 5.74) is 2.49. The van der Waals surface area contributed by atoms with Gasteiger partial charge in [0.1, 0.15) is 5.82 Å². The first-order valence-corrected chi connectivity index (χ1v) is 9.07. The third kappa shape index (κ3) is 3.19. The Hall–Kier alpha value is -2.18. The summed E-state index contributed by atoms with van der Waals surface area (Å²) >= 11 is 7.56. The summed E-state index contributed by atoms with van der Waals surface area (Å²) in [6.45, 7) is 2.08. The minimum atomic E-state index is -0.251. The number of fused-ring (bicyclic) bond motifs is 1. The molecule has 0 fully saturated rings. The summed E-state index contributed by atoms with van der Waals surface area (Å²) in [7, 11) is 0. The van der Waals surface area contributed by atoms with Crippen LogP contribution < -0.4 is 0 Å². The molecule has 0 N–H and O–H groups in total. The smallest absolute Gasteiger partial charge is 0.207 e. The largest absolute Gasteiger partial charge is 0.212 e. The third-order valence-corrected chi connectivity index (χ3v) is 5.29. The van der Waals surface area contributed by atoms with E-state index in [1.807, 2.05) is 30.3 Å². The van der Waals surface area contributed by atoms with Crippen LogP contribution in [0.3, 0.4) is 0 Å². The Bertz CT molecular complexity index is 952. The van der Waals surface area contributed by atoms with Gasteiger partial charge < -0.3 is 0 Å². The number of hydrogen-bond donors (Lipinski definition) is 0. The summed E-state index contributed by atoms with van der Waals surface area (Å²) < 4.78 is 15.7. The van der Waals surface area contributed by atoms with Crippen molar-refractivity contribution in [3.05, 3.63) is 76.3 Å². The van der Waals surface area contributed by atoms with Gasteiger partial charge in [-0.2, -0.15) is 9.78 Å². The minimum absolute atomic E-state index is 0.138. The molecule has 1 atom stereocenters. The van der Waals surface area contributed by atoms with Gasteiger partial charge in [-0.1, -0.05) is 53.7 Å². The predicted octanol–water partition coefficient (Wildman–Crippen LogP) is 4.41. The van der Waals surface area contributed by atoms with Crippen molar-refractivity contribution in [2.75, 3.05) is 0 Å². The Balaban J connectivity index is 1.73. The molecule has 4 rings (SSSR count). The molecule has 1 aliphatic heterocycles. The molecule has 1 aromatic heterocycles. The molecule has 0 spiro atoms. The zero-order chi connectivity index (χ0) is 17.4. The number of rotatable bonds is 3. The van der Waals surface area contributed by atoms with E-state index in [0.29, 0.717) is 22.8 Å². The number of halogens is 2. The monoisotopic (exact) mass is 372 g/mol. The van der Waals surface area contributed by atoms with Crippen LogP contribution in [0.4, 0.5) is 4.39 Å². The summed E-state index contributed by atoms with van der Waals surface area (Å²) in [4.78, 5) is 0. The van der Waals surface area contributed by atoms with Crippen molar-refractivity contribution in [1.82, 2.24) is 14.9 Å². The Morgan fingerprint density at radius 2 is 1.88 bits per heavy atom. The van der Waals surface area contributed by atoms with Crippen molar-refractivity contribution in [3.8, 4) is 0 Å². The lowest BCUT2D eigenvalue weighted by atomic mass is 10.1. The van der Waals surface area contributed by atoms with E-state index in [4.69, 9.17) is 16.7 Å². The zero-order valence-corrected chi connectivity index (χ0v) is 14.9. The Morgan fingerprint density at radius 3 is 2.64 bits per heavy atom. The normalized spacial score (nSPS) is 16.4. The van der Waals surface area contributed by atoms with Crippen molar-refractivity contribution in [1.29, 1.82) is 0 Å². The highest BCUT2D eigenvalue weighted by atomic mass is 35.5. The van der Waals surface area contributed by atoms with E-state index in [9.17, 15) is 4.39 Å². The van der Waals surface area contributed by atoms with Crippen molar-refractivity contribution >= 4 is 29.1 Å². The third-order valence-electron chi connectivity index (χ3n) is 4.00. The molecule has 0 aliphatic carbocycles. The number of hydrogen-bond acceptors (Lipinski definition) is 4. The molecule has 126 valence electrons.